The topological polar surface area (TPSA) is 110 Å². The van der Waals surface area contributed by atoms with Crippen LogP contribution < -0.4 is 10.6 Å². The first-order valence-electron chi connectivity index (χ1n) is 9.78. The molecule has 1 atom stereocenters. The summed E-state index contributed by atoms with van der Waals surface area (Å²) in [4.78, 5) is 19.2. The van der Waals surface area contributed by atoms with Crippen LogP contribution in [0.25, 0.3) is 11.0 Å². The molecule has 30 heavy (non-hydrogen) atoms. The zero-order chi connectivity index (χ0) is 21.3. The van der Waals surface area contributed by atoms with Gasteiger partial charge in [0, 0.05) is 11.1 Å². The molecular weight excluding hydrogens is 427 g/mol. The van der Waals surface area contributed by atoms with E-state index in [1.54, 1.807) is 18.2 Å². The van der Waals surface area contributed by atoms with E-state index in [0.29, 0.717) is 39.9 Å². The molecular formula is C21H22Cl2N4O3. The normalized spacial score (nSPS) is 15.9. The lowest BCUT2D eigenvalue weighted by atomic mass is 9.86. The van der Waals surface area contributed by atoms with Crippen LogP contribution in [-0.2, 0) is 6.42 Å². The Kier molecular flexibility index (Phi) is 6.04. The lowest BCUT2D eigenvalue weighted by Gasteiger charge is -2.31. The number of imidazole rings is 1. The van der Waals surface area contributed by atoms with Crippen LogP contribution in [0.2, 0.25) is 10.0 Å². The molecule has 0 aliphatic carbocycles. The number of fused-ring (bicyclic) bond motifs is 1. The summed E-state index contributed by atoms with van der Waals surface area (Å²) in [6.07, 6.45) is 2.43. The van der Waals surface area contributed by atoms with E-state index in [0.717, 1.165) is 25.9 Å². The molecule has 1 saturated heterocycles. The number of carbonyl (C=O) groups is 1. The summed E-state index contributed by atoms with van der Waals surface area (Å²) in [7, 11) is 0. The smallest absolute Gasteiger partial charge is 0.337 e. The molecule has 2 aromatic carbocycles. The fourth-order valence-electron chi connectivity index (χ4n) is 4.04. The molecule has 0 saturated carbocycles. The van der Waals surface area contributed by atoms with Crippen molar-refractivity contribution < 1.29 is 15.0 Å². The Morgan fingerprint density at radius 2 is 2.03 bits per heavy atom. The number of aromatic carboxylic acids is 1. The van der Waals surface area contributed by atoms with Crippen molar-refractivity contribution in [2.75, 3.05) is 18.4 Å². The number of carboxylic acids is 1. The Labute approximate surface area is 183 Å². The van der Waals surface area contributed by atoms with Gasteiger partial charge in [0.05, 0.1) is 16.1 Å². The Bertz CT molecular complexity index is 1080. The molecule has 0 bridgehead atoms. The number of aromatic hydroxyl groups is 1. The average Bonchev–Trinajstić information content (AvgIpc) is 3.14. The summed E-state index contributed by atoms with van der Waals surface area (Å²) in [6.45, 7) is 1.82. The van der Waals surface area contributed by atoms with E-state index in [9.17, 15) is 15.0 Å². The van der Waals surface area contributed by atoms with Gasteiger partial charge < -0.3 is 25.8 Å². The zero-order valence-corrected chi connectivity index (χ0v) is 17.6. The molecule has 1 aromatic heterocycles. The highest BCUT2D eigenvalue weighted by molar-refractivity contribution is 6.35. The van der Waals surface area contributed by atoms with Gasteiger partial charge in [-0.3, -0.25) is 0 Å². The third-order valence-electron chi connectivity index (χ3n) is 5.57. The highest BCUT2D eigenvalue weighted by atomic mass is 35.5. The molecule has 3 aromatic rings. The number of phenols is 1. The first kappa shape index (κ1) is 20.8. The second-order valence-corrected chi connectivity index (χ2v) is 8.37. The number of hydrogen-bond acceptors (Lipinski definition) is 5. The van der Waals surface area contributed by atoms with Crippen molar-refractivity contribution in [2.45, 2.75) is 25.3 Å². The van der Waals surface area contributed by atoms with E-state index in [1.165, 1.54) is 12.1 Å². The molecule has 0 amide bonds. The van der Waals surface area contributed by atoms with Gasteiger partial charge in [-0.15, -0.1) is 0 Å². The lowest BCUT2D eigenvalue weighted by Crippen LogP contribution is -2.39. The van der Waals surface area contributed by atoms with Crippen molar-refractivity contribution in [2.24, 2.45) is 5.92 Å². The Hall–Kier alpha value is -2.48. The van der Waals surface area contributed by atoms with Gasteiger partial charge in [-0.25, -0.2) is 9.78 Å². The molecule has 2 heterocycles. The lowest BCUT2D eigenvalue weighted by molar-refractivity contribution is 0.0699. The van der Waals surface area contributed by atoms with Crippen LogP contribution in [0.1, 0.15) is 28.8 Å². The van der Waals surface area contributed by atoms with E-state index < -0.39 is 5.97 Å². The number of carboxylic acid groups (broad SMARTS) is 1. The van der Waals surface area contributed by atoms with E-state index in [4.69, 9.17) is 23.2 Å². The maximum absolute atomic E-state index is 11.5. The molecule has 5 N–H and O–H groups in total. The summed E-state index contributed by atoms with van der Waals surface area (Å²) in [5.41, 5.74) is 1.86. The van der Waals surface area contributed by atoms with Crippen molar-refractivity contribution in [3.8, 4) is 5.75 Å². The molecule has 1 unspecified atom stereocenters. The van der Waals surface area contributed by atoms with E-state index >= 15 is 0 Å². The van der Waals surface area contributed by atoms with Crippen molar-refractivity contribution in [3.63, 3.8) is 0 Å². The van der Waals surface area contributed by atoms with Gasteiger partial charge in [-0.05, 0) is 68.1 Å². The number of para-hydroxylation sites is 1. The highest BCUT2D eigenvalue weighted by Crippen LogP contribution is 2.34. The number of benzene rings is 2. The second kappa shape index (κ2) is 8.71. The molecule has 1 aliphatic heterocycles. The van der Waals surface area contributed by atoms with Gasteiger partial charge in [0.2, 0.25) is 5.95 Å². The monoisotopic (exact) mass is 448 g/mol. The summed E-state index contributed by atoms with van der Waals surface area (Å²) in [5, 5.41) is 27.3. The number of aromatic amines is 1. The fraction of sp³-hybridized carbons (Fsp3) is 0.333. The molecule has 1 aliphatic rings. The van der Waals surface area contributed by atoms with Crippen LogP contribution in [0.15, 0.2) is 30.3 Å². The summed E-state index contributed by atoms with van der Waals surface area (Å²) in [5.74, 6) is -0.169. The van der Waals surface area contributed by atoms with Gasteiger partial charge in [0.25, 0.3) is 0 Å². The molecule has 0 spiro atoms. The average molecular weight is 449 g/mol. The molecule has 0 radical (unpaired) electrons. The zero-order valence-electron chi connectivity index (χ0n) is 16.1. The standard InChI is InChI=1S/C21H22Cl2N4O3/c22-13-8-12(19(28)15(23)10-13)9-17(11-4-6-24-7-5-11)26-21-25-16-3-1-2-14(20(29)30)18(16)27-21/h1-3,8,10-11,17,24,28H,4-7,9H2,(H,29,30)(H2,25,26,27). The maximum Gasteiger partial charge on any atom is 0.337 e. The predicted molar refractivity (Wildman–Crippen MR) is 118 cm³/mol. The van der Waals surface area contributed by atoms with Gasteiger partial charge in [-0.1, -0.05) is 29.3 Å². The quantitative estimate of drug-likeness (QED) is 0.384. The summed E-state index contributed by atoms with van der Waals surface area (Å²) >= 11 is 12.3. The number of nitrogens with zero attached hydrogens (tertiary/aromatic N) is 1. The molecule has 1 fully saturated rings. The Balaban J connectivity index is 1.66. The van der Waals surface area contributed by atoms with Crippen LogP contribution in [0, 0.1) is 5.92 Å². The largest absolute Gasteiger partial charge is 0.506 e. The molecule has 7 nitrogen and oxygen atoms in total. The minimum Gasteiger partial charge on any atom is -0.506 e. The number of nitrogens with one attached hydrogen (secondary N) is 3. The first-order chi connectivity index (χ1) is 14.4. The third kappa shape index (κ3) is 4.33. The van der Waals surface area contributed by atoms with Crippen LogP contribution in [-0.4, -0.2) is 45.3 Å². The van der Waals surface area contributed by atoms with E-state index in [2.05, 4.69) is 20.6 Å². The fourth-order valence-corrected chi connectivity index (χ4v) is 4.58. The minimum atomic E-state index is -1.02. The van der Waals surface area contributed by atoms with Crippen LogP contribution in [0.5, 0.6) is 5.75 Å². The van der Waals surface area contributed by atoms with Crippen molar-refractivity contribution >= 4 is 46.2 Å². The van der Waals surface area contributed by atoms with E-state index in [1.807, 2.05) is 0 Å². The number of phenolic OH excluding ortho intramolecular Hbond substituents is 1. The number of rotatable bonds is 6. The predicted octanol–water partition coefficient (Wildman–Crippen LogP) is 4.30. The van der Waals surface area contributed by atoms with Crippen LogP contribution >= 0.6 is 23.2 Å². The summed E-state index contributed by atoms with van der Waals surface area (Å²) < 4.78 is 0. The number of H-pyrrole nitrogens is 1. The Morgan fingerprint density at radius 3 is 2.77 bits per heavy atom. The first-order valence-corrected chi connectivity index (χ1v) is 10.5. The van der Waals surface area contributed by atoms with E-state index in [-0.39, 0.29) is 22.4 Å². The van der Waals surface area contributed by atoms with Crippen molar-refractivity contribution in [3.05, 3.63) is 51.5 Å². The SMILES string of the molecule is O=C(O)c1cccc2[nH]c(NC(Cc3cc(Cl)cc(Cl)c3O)C3CCNCC3)nc12. The number of hydrogen-bond donors (Lipinski definition) is 5. The second-order valence-electron chi connectivity index (χ2n) is 7.53. The van der Waals surface area contributed by atoms with Gasteiger partial charge in [0.15, 0.2) is 0 Å². The number of anilines is 1. The van der Waals surface area contributed by atoms with Gasteiger partial charge in [-0.2, -0.15) is 0 Å². The maximum atomic E-state index is 11.5. The van der Waals surface area contributed by atoms with Crippen molar-refractivity contribution in [1.82, 2.24) is 15.3 Å². The number of piperidine rings is 1. The number of halogens is 2. The minimum absolute atomic E-state index is 0.0274. The van der Waals surface area contributed by atoms with Gasteiger partial charge in [0.1, 0.15) is 11.3 Å². The van der Waals surface area contributed by atoms with Gasteiger partial charge >= 0.3 is 5.97 Å². The highest BCUT2D eigenvalue weighted by Gasteiger charge is 2.26. The number of aromatic nitrogens is 2. The Morgan fingerprint density at radius 1 is 1.27 bits per heavy atom. The van der Waals surface area contributed by atoms with Crippen molar-refractivity contribution in [1.29, 1.82) is 0 Å². The summed E-state index contributed by atoms with van der Waals surface area (Å²) in [6, 6.07) is 8.19. The molecule has 9 heteroatoms. The molecule has 4 rings (SSSR count). The third-order valence-corrected chi connectivity index (χ3v) is 6.07. The van der Waals surface area contributed by atoms with Crippen LogP contribution in [0.4, 0.5) is 5.95 Å². The molecule has 158 valence electrons. The van der Waals surface area contributed by atoms with Crippen LogP contribution in [0.3, 0.4) is 0 Å².